The normalized spacial score (nSPS) is 11.9. The van der Waals surface area contributed by atoms with Gasteiger partial charge in [-0.15, -0.1) is 0 Å². The van der Waals surface area contributed by atoms with Gasteiger partial charge in [0.2, 0.25) is 0 Å². The molecule has 9 aromatic carbocycles. The van der Waals surface area contributed by atoms with E-state index in [1.165, 1.54) is 5.56 Å². The zero-order valence-corrected chi connectivity index (χ0v) is 29.0. The second-order valence-electron chi connectivity index (χ2n) is 13.2. The third-order valence-electron chi connectivity index (χ3n) is 10.3. The summed E-state index contributed by atoms with van der Waals surface area (Å²) in [5.41, 5.74) is 8.11. The number of hydrogen-bond donors (Lipinski definition) is 0. The van der Waals surface area contributed by atoms with Crippen LogP contribution in [0.2, 0.25) is 0 Å². The molecule has 1 aromatic heterocycles. The monoisotopic (exact) mass is 682 g/mol. The summed E-state index contributed by atoms with van der Waals surface area (Å²) in [5.74, 6) is 0. The fraction of sp³-hybridized carbons (Fsp3) is 0. The van der Waals surface area contributed by atoms with Gasteiger partial charge in [-0.25, -0.2) is 9.97 Å². The van der Waals surface area contributed by atoms with Crippen molar-refractivity contribution >= 4 is 77.4 Å². The molecule has 244 valence electrons. The summed E-state index contributed by atoms with van der Waals surface area (Å²) in [6, 6.07) is 64.4. The van der Waals surface area contributed by atoms with Gasteiger partial charge in [-0.1, -0.05) is 170 Å². The zero-order valence-electron chi connectivity index (χ0n) is 28.1. The highest BCUT2D eigenvalue weighted by molar-refractivity contribution is 7.85. The Morgan fingerprint density at radius 3 is 1.33 bits per heavy atom. The molecule has 0 radical (unpaired) electrons. The predicted molar refractivity (Wildman–Crippen MR) is 220 cm³/mol. The summed E-state index contributed by atoms with van der Waals surface area (Å²) in [4.78, 5) is 10.2. The van der Waals surface area contributed by atoms with Crippen LogP contribution in [0.15, 0.2) is 188 Å². The molecule has 0 unspecified atom stereocenters. The van der Waals surface area contributed by atoms with Gasteiger partial charge in [0.25, 0.3) is 0 Å². The third kappa shape index (κ3) is 4.71. The molecule has 0 saturated carbocycles. The first kappa shape index (κ1) is 30.4. The average molecular weight is 683 g/mol. The second kappa shape index (κ2) is 12.1. The van der Waals surface area contributed by atoms with Crippen molar-refractivity contribution in [2.45, 2.75) is 0 Å². The van der Waals surface area contributed by atoms with Gasteiger partial charge < -0.3 is 4.57 Å². The van der Waals surface area contributed by atoms with Crippen LogP contribution in [-0.4, -0.2) is 9.97 Å². The SMILES string of the molecule is O=P(c1ccccc1)(c1ccccc1)c1ccc(-c2c3ccccc3c(-c3cc4nc5ccccc5nc4c4ccccc34)c3ccccc23)cc1. The molecule has 3 nitrogen and oxygen atoms in total. The molecule has 4 heteroatoms. The van der Waals surface area contributed by atoms with Crippen molar-refractivity contribution in [3.05, 3.63) is 188 Å². The van der Waals surface area contributed by atoms with E-state index in [0.717, 1.165) is 87.0 Å². The van der Waals surface area contributed by atoms with Crippen LogP contribution in [0.25, 0.3) is 76.6 Å². The molecule has 1 heterocycles. The van der Waals surface area contributed by atoms with E-state index in [0.29, 0.717) is 0 Å². The summed E-state index contributed by atoms with van der Waals surface area (Å²) in [5, 5.41) is 9.35. The molecule has 0 aliphatic carbocycles. The molecule has 0 fully saturated rings. The van der Waals surface area contributed by atoms with Crippen molar-refractivity contribution in [1.82, 2.24) is 9.97 Å². The van der Waals surface area contributed by atoms with Crippen molar-refractivity contribution in [2.75, 3.05) is 0 Å². The molecule has 0 aliphatic rings. The van der Waals surface area contributed by atoms with E-state index in [9.17, 15) is 0 Å². The van der Waals surface area contributed by atoms with E-state index >= 15 is 4.57 Å². The van der Waals surface area contributed by atoms with Crippen LogP contribution in [0, 0.1) is 0 Å². The lowest BCUT2D eigenvalue weighted by atomic mass is 9.84. The smallest absolute Gasteiger partial charge is 0.171 e. The fourth-order valence-corrected chi connectivity index (χ4v) is 10.6. The molecule has 10 aromatic rings. The van der Waals surface area contributed by atoms with E-state index in [1.807, 2.05) is 84.9 Å². The maximum atomic E-state index is 15.2. The summed E-state index contributed by atoms with van der Waals surface area (Å²) in [7, 11) is -3.10. The quantitative estimate of drug-likeness (QED) is 0.103. The number of para-hydroxylation sites is 2. The minimum atomic E-state index is -3.10. The highest BCUT2D eigenvalue weighted by atomic mass is 31.2. The van der Waals surface area contributed by atoms with Crippen LogP contribution in [-0.2, 0) is 4.57 Å². The molecule has 0 aliphatic heterocycles. The van der Waals surface area contributed by atoms with Crippen LogP contribution in [0.4, 0.5) is 0 Å². The molecule has 0 atom stereocenters. The van der Waals surface area contributed by atoms with Crippen molar-refractivity contribution in [3.63, 3.8) is 0 Å². The number of benzene rings is 9. The van der Waals surface area contributed by atoms with E-state index < -0.39 is 7.14 Å². The lowest BCUT2D eigenvalue weighted by Gasteiger charge is -2.21. The molecule has 0 N–H and O–H groups in total. The molecule has 52 heavy (non-hydrogen) atoms. The molecular weight excluding hydrogens is 652 g/mol. The Bertz CT molecular complexity index is 2930. The van der Waals surface area contributed by atoms with Crippen LogP contribution in [0.5, 0.6) is 0 Å². The van der Waals surface area contributed by atoms with E-state index in [-0.39, 0.29) is 0 Å². The Hall–Kier alpha value is -6.41. The number of rotatable bonds is 5. The lowest BCUT2D eigenvalue weighted by Crippen LogP contribution is -2.24. The second-order valence-corrected chi connectivity index (χ2v) is 16.0. The molecule has 10 rings (SSSR count). The molecule has 0 bridgehead atoms. The van der Waals surface area contributed by atoms with Gasteiger partial charge in [0.05, 0.1) is 22.1 Å². The maximum Gasteiger partial charge on any atom is 0.171 e. The first-order valence-electron chi connectivity index (χ1n) is 17.5. The molecule has 0 saturated heterocycles. The van der Waals surface area contributed by atoms with E-state index in [2.05, 4.69) is 103 Å². The van der Waals surface area contributed by atoms with E-state index in [1.54, 1.807) is 0 Å². The number of aromatic nitrogens is 2. The van der Waals surface area contributed by atoms with Crippen LogP contribution in [0.3, 0.4) is 0 Å². The van der Waals surface area contributed by atoms with Gasteiger partial charge >= 0.3 is 0 Å². The zero-order chi connectivity index (χ0) is 34.6. The Morgan fingerprint density at radius 2 is 0.769 bits per heavy atom. The number of nitrogens with zero attached hydrogens (tertiary/aromatic N) is 2. The van der Waals surface area contributed by atoms with Crippen molar-refractivity contribution in [1.29, 1.82) is 0 Å². The predicted octanol–water partition coefficient (Wildman–Crippen LogP) is 11.2. The van der Waals surface area contributed by atoms with Gasteiger partial charge in [0.15, 0.2) is 7.14 Å². The maximum absolute atomic E-state index is 15.2. The summed E-state index contributed by atoms with van der Waals surface area (Å²) in [6.07, 6.45) is 0. The van der Waals surface area contributed by atoms with Gasteiger partial charge in [0.1, 0.15) is 0 Å². The summed E-state index contributed by atoms with van der Waals surface area (Å²) < 4.78 is 15.2. The Morgan fingerprint density at radius 1 is 0.346 bits per heavy atom. The van der Waals surface area contributed by atoms with Crippen molar-refractivity contribution in [3.8, 4) is 22.3 Å². The minimum Gasteiger partial charge on any atom is -0.309 e. The van der Waals surface area contributed by atoms with Gasteiger partial charge in [-0.3, -0.25) is 0 Å². The highest BCUT2D eigenvalue weighted by Crippen LogP contribution is 2.47. The largest absolute Gasteiger partial charge is 0.309 e. The Labute approximate surface area is 301 Å². The first-order valence-corrected chi connectivity index (χ1v) is 19.2. The Balaban J connectivity index is 1.22. The highest BCUT2D eigenvalue weighted by Gasteiger charge is 2.29. The standard InChI is InChI=1S/C48H31N2OP/c51-52(33-15-3-1-4-16-33,34-17-5-2-6-18-34)35-29-27-32(28-30-35)46-37-20-8-10-22-39(37)47(40-23-11-9-21-38(40)46)42-31-45-48(41-24-12-7-19-36(41)42)50-44-26-14-13-25-43(44)49-45/h1-31H. The van der Waals surface area contributed by atoms with Crippen molar-refractivity contribution < 1.29 is 4.57 Å². The molecular formula is C48H31N2OP. The fourth-order valence-electron chi connectivity index (χ4n) is 7.95. The number of hydrogen-bond acceptors (Lipinski definition) is 3. The number of fused-ring (bicyclic) bond motifs is 6. The van der Waals surface area contributed by atoms with E-state index in [4.69, 9.17) is 9.97 Å². The Kier molecular flexibility index (Phi) is 7.09. The first-order chi connectivity index (χ1) is 25.7. The molecule has 0 amide bonds. The van der Waals surface area contributed by atoms with Gasteiger partial charge in [-0.05, 0) is 67.4 Å². The molecule has 0 spiro atoms. The van der Waals surface area contributed by atoms with Crippen LogP contribution >= 0.6 is 7.14 Å². The van der Waals surface area contributed by atoms with Gasteiger partial charge in [-0.2, -0.15) is 0 Å². The third-order valence-corrected chi connectivity index (χ3v) is 13.4. The van der Waals surface area contributed by atoms with Crippen molar-refractivity contribution in [2.24, 2.45) is 0 Å². The summed E-state index contributed by atoms with van der Waals surface area (Å²) in [6.45, 7) is 0. The minimum absolute atomic E-state index is 0.815. The van der Waals surface area contributed by atoms with Gasteiger partial charge in [0, 0.05) is 21.3 Å². The topological polar surface area (TPSA) is 42.9 Å². The lowest BCUT2D eigenvalue weighted by molar-refractivity contribution is 0.592. The summed E-state index contributed by atoms with van der Waals surface area (Å²) >= 11 is 0. The van der Waals surface area contributed by atoms with Crippen LogP contribution in [0.1, 0.15) is 0 Å². The van der Waals surface area contributed by atoms with Crippen LogP contribution < -0.4 is 15.9 Å². The average Bonchev–Trinajstić information content (AvgIpc) is 3.22.